The molecule has 0 aliphatic rings. The van der Waals surface area contributed by atoms with Crippen LogP contribution in [0.15, 0.2) is 121 Å². The van der Waals surface area contributed by atoms with Crippen LogP contribution in [-0.4, -0.2) is 9.55 Å². The number of halogens is 1. The van der Waals surface area contributed by atoms with Gasteiger partial charge in [-0.15, -0.1) is 11.3 Å². The van der Waals surface area contributed by atoms with E-state index in [-0.39, 0.29) is 0 Å². The van der Waals surface area contributed by atoms with E-state index in [4.69, 9.17) is 16.6 Å². The van der Waals surface area contributed by atoms with Gasteiger partial charge in [0.05, 0.1) is 27.6 Å². The second-order valence-corrected chi connectivity index (χ2v) is 9.91. The van der Waals surface area contributed by atoms with Gasteiger partial charge >= 0.3 is 0 Å². The first-order valence-electron chi connectivity index (χ1n) is 11.8. The molecule has 3 heterocycles. The second kappa shape index (κ2) is 8.52. The lowest BCUT2D eigenvalue weighted by Crippen LogP contribution is -2.11. The number of hydrogen-bond acceptors (Lipinski definition) is 3. The largest absolute Gasteiger partial charge is 0.307 e. The summed E-state index contributed by atoms with van der Waals surface area (Å²) in [6.07, 6.45) is 1.84. The number of hydrogen-bond donors (Lipinski definition) is 0. The molecule has 7 aromatic rings. The zero-order valence-corrected chi connectivity index (χ0v) is 20.7. The maximum atomic E-state index is 7.33. The minimum atomic E-state index is 0.671. The average Bonchev–Trinajstić information content (AvgIpc) is 3.50. The lowest BCUT2D eigenvalue weighted by atomic mass is 10.1. The Morgan fingerprint density at radius 3 is 2.31 bits per heavy atom. The summed E-state index contributed by atoms with van der Waals surface area (Å²) in [7, 11) is 0. The van der Waals surface area contributed by atoms with Crippen LogP contribution in [0.3, 0.4) is 0 Å². The van der Waals surface area contributed by atoms with Crippen molar-refractivity contribution in [2.75, 3.05) is 4.90 Å². The van der Waals surface area contributed by atoms with Gasteiger partial charge in [-0.1, -0.05) is 72.3 Å². The van der Waals surface area contributed by atoms with Crippen LogP contribution in [0.25, 0.3) is 37.7 Å². The number of anilines is 3. The zero-order valence-electron chi connectivity index (χ0n) is 19.2. The van der Waals surface area contributed by atoms with E-state index in [9.17, 15) is 0 Å². The minimum Gasteiger partial charge on any atom is -0.307 e. The van der Waals surface area contributed by atoms with Crippen molar-refractivity contribution >= 4 is 72.0 Å². The van der Waals surface area contributed by atoms with Crippen molar-refractivity contribution in [1.82, 2.24) is 9.55 Å². The molecule has 0 saturated carbocycles. The van der Waals surface area contributed by atoms with E-state index in [0.717, 1.165) is 44.7 Å². The Morgan fingerprint density at radius 2 is 1.42 bits per heavy atom. The first kappa shape index (κ1) is 21.2. The summed E-state index contributed by atoms with van der Waals surface area (Å²) in [5.41, 5.74) is 5.97. The number of nitrogens with zero attached hydrogens (tertiary/aromatic N) is 3. The van der Waals surface area contributed by atoms with Crippen LogP contribution in [0.2, 0.25) is 5.02 Å². The summed E-state index contributed by atoms with van der Waals surface area (Å²) in [5, 5.41) is 6.35. The number of fused-ring (bicyclic) bond motifs is 4. The fraction of sp³-hybridized carbons (Fsp3) is 0. The molecule has 5 heteroatoms. The molecule has 36 heavy (non-hydrogen) atoms. The fourth-order valence-electron chi connectivity index (χ4n) is 5.02. The summed E-state index contributed by atoms with van der Waals surface area (Å²) in [4.78, 5) is 7.01. The third-order valence-electron chi connectivity index (χ3n) is 6.59. The van der Waals surface area contributed by atoms with Crippen LogP contribution in [0.5, 0.6) is 0 Å². The summed E-state index contributed by atoms with van der Waals surface area (Å²) in [5.74, 6) is 0. The first-order chi connectivity index (χ1) is 17.8. The molecule has 0 N–H and O–H groups in total. The predicted octanol–water partition coefficient (Wildman–Crippen LogP) is 9.52. The molecule has 0 aliphatic heterocycles. The summed E-state index contributed by atoms with van der Waals surface area (Å²) < 4.78 is 3.41. The Kier molecular flexibility index (Phi) is 5.01. The standard InChI is InChI=1S/C31H20ClN3S/c32-30-26(34(21-10-2-1-3-11-21)28-20-36-29-18-7-5-13-24(28)29)16-8-17-27(30)35-25-15-6-4-12-22(25)23-14-9-19-33-31(23)35/h1-20H. The highest BCUT2D eigenvalue weighted by atomic mass is 35.5. The molecule has 172 valence electrons. The first-order valence-corrected chi connectivity index (χ1v) is 13.0. The van der Waals surface area contributed by atoms with E-state index < -0.39 is 0 Å². The lowest BCUT2D eigenvalue weighted by molar-refractivity contribution is 1.13. The quantitative estimate of drug-likeness (QED) is 0.239. The molecule has 3 aromatic heterocycles. The van der Waals surface area contributed by atoms with Crippen LogP contribution in [0, 0.1) is 0 Å². The highest BCUT2D eigenvalue weighted by Gasteiger charge is 2.22. The summed E-state index contributed by atoms with van der Waals surface area (Å²) >= 11 is 9.07. The second-order valence-electron chi connectivity index (χ2n) is 8.63. The van der Waals surface area contributed by atoms with E-state index in [1.54, 1.807) is 11.3 Å². The topological polar surface area (TPSA) is 21.1 Å². The molecule has 0 atom stereocenters. The minimum absolute atomic E-state index is 0.671. The molecule has 0 unspecified atom stereocenters. The van der Waals surface area contributed by atoms with Gasteiger partial charge in [-0.25, -0.2) is 4.98 Å². The lowest BCUT2D eigenvalue weighted by Gasteiger charge is -2.27. The number of thiophene rings is 1. The maximum absolute atomic E-state index is 7.33. The van der Waals surface area contributed by atoms with Crippen LogP contribution in [0.4, 0.5) is 17.1 Å². The SMILES string of the molecule is Clc1c(N(c2ccccc2)c2csc3ccccc23)cccc1-n1c2ccccc2c2cccnc21. The van der Waals surface area contributed by atoms with Crippen molar-refractivity contribution in [1.29, 1.82) is 0 Å². The van der Waals surface area contributed by atoms with Gasteiger partial charge in [-0.2, -0.15) is 0 Å². The Bertz CT molecular complexity index is 1820. The Hall–Kier alpha value is -4.12. The van der Waals surface area contributed by atoms with E-state index >= 15 is 0 Å². The van der Waals surface area contributed by atoms with Crippen molar-refractivity contribution in [3.8, 4) is 5.69 Å². The summed E-state index contributed by atoms with van der Waals surface area (Å²) in [6, 6.07) is 37.6. The highest BCUT2D eigenvalue weighted by molar-refractivity contribution is 7.17. The summed E-state index contributed by atoms with van der Waals surface area (Å²) in [6.45, 7) is 0. The van der Waals surface area contributed by atoms with E-state index in [1.807, 2.05) is 18.3 Å². The molecule has 3 nitrogen and oxygen atoms in total. The van der Waals surface area contributed by atoms with Gasteiger partial charge in [-0.3, -0.25) is 4.57 Å². The molecule has 0 bridgehead atoms. The van der Waals surface area contributed by atoms with Gasteiger partial charge < -0.3 is 4.90 Å². The molecular weight excluding hydrogens is 482 g/mol. The van der Waals surface area contributed by atoms with Gasteiger partial charge in [0.25, 0.3) is 0 Å². The van der Waals surface area contributed by atoms with Gasteiger partial charge in [0.1, 0.15) is 5.65 Å². The van der Waals surface area contributed by atoms with E-state index in [2.05, 4.69) is 112 Å². The molecule has 0 amide bonds. The zero-order chi connectivity index (χ0) is 24.1. The van der Waals surface area contributed by atoms with Crippen molar-refractivity contribution in [2.45, 2.75) is 0 Å². The molecule has 0 aliphatic carbocycles. The van der Waals surface area contributed by atoms with Crippen molar-refractivity contribution < 1.29 is 0 Å². The molecule has 0 radical (unpaired) electrons. The Morgan fingerprint density at radius 1 is 0.667 bits per heavy atom. The van der Waals surface area contributed by atoms with Crippen molar-refractivity contribution in [3.05, 3.63) is 126 Å². The van der Waals surface area contributed by atoms with Crippen LogP contribution in [-0.2, 0) is 0 Å². The number of rotatable bonds is 4. The van der Waals surface area contributed by atoms with E-state index in [1.165, 1.54) is 10.1 Å². The molecule has 4 aromatic carbocycles. The molecule has 0 spiro atoms. The number of para-hydroxylation sites is 2. The van der Waals surface area contributed by atoms with Gasteiger partial charge in [-0.05, 0) is 48.5 Å². The highest BCUT2D eigenvalue weighted by Crippen LogP contribution is 2.46. The Balaban J connectivity index is 1.52. The van der Waals surface area contributed by atoms with Gasteiger partial charge in [0.2, 0.25) is 0 Å². The molecule has 7 rings (SSSR count). The number of pyridine rings is 1. The maximum Gasteiger partial charge on any atom is 0.145 e. The van der Waals surface area contributed by atoms with Crippen LogP contribution >= 0.6 is 22.9 Å². The van der Waals surface area contributed by atoms with Crippen molar-refractivity contribution in [3.63, 3.8) is 0 Å². The number of aromatic nitrogens is 2. The smallest absolute Gasteiger partial charge is 0.145 e. The van der Waals surface area contributed by atoms with Crippen LogP contribution < -0.4 is 4.90 Å². The molecule has 0 fully saturated rings. The third-order valence-corrected chi connectivity index (χ3v) is 7.93. The van der Waals surface area contributed by atoms with Gasteiger partial charge in [0, 0.05) is 38.1 Å². The van der Waals surface area contributed by atoms with Crippen molar-refractivity contribution in [2.24, 2.45) is 0 Å². The Labute approximate surface area is 217 Å². The van der Waals surface area contributed by atoms with Gasteiger partial charge in [0.15, 0.2) is 0 Å². The van der Waals surface area contributed by atoms with E-state index in [0.29, 0.717) is 5.02 Å². The molecular formula is C31H20ClN3S. The molecule has 0 saturated heterocycles. The fourth-order valence-corrected chi connectivity index (χ4v) is 6.24. The predicted molar refractivity (Wildman–Crippen MR) is 154 cm³/mol. The van der Waals surface area contributed by atoms with Crippen LogP contribution in [0.1, 0.15) is 0 Å². The normalized spacial score (nSPS) is 11.5. The average molecular weight is 502 g/mol. The monoisotopic (exact) mass is 501 g/mol. The number of benzene rings is 4. The third kappa shape index (κ3) is 3.23.